The molecule has 0 bridgehead atoms. The topological polar surface area (TPSA) is 74.3 Å². The van der Waals surface area contributed by atoms with Crippen molar-refractivity contribution in [2.45, 2.75) is 48.3 Å². The van der Waals surface area contributed by atoms with E-state index in [1.807, 2.05) is 19.0 Å². The highest BCUT2D eigenvalue weighted by Crippen LogP contribution is 2.39. The van der Waals surface area contributed by atoms with E-state index in [1.165, 1.54) is 18.3 Å². The van der Waals surface area contributed by atoms with Crippen LogP contribution in [-0.4, -0.2) is 44.5 Å². The molecule has 6 nitrogen and oxygen atoms in total. The van der Waals surface area contributed by atoms with Crippen molar-refractivity contribution in [2.75, 3.05) is 24.1 Å². The van der Waals surface area contributed by atoms with E-state index < -0.39 is 32.5 Å². The first-order chi connectivity index (χ1) is 17.3. The van der Waals surface area contributed by atoms with Crippen molar-refractivity contribution >= 4 is 43.8 Å². The number of rotatable bonds is 7. The van der Waals surface area contributed by atoms with E-state index in [2.05, 4.69) is 15.0 Å². The van der Waals surface area contributed by atoms with Crippen LogP contribution in [0.2, 0.25) is 5.02 Å². The molecule has 0 radical (unpaired) electrons. The summed E-state index contributed by atoms with van der Waals surface area (Å²) >= 11 is 7.44. The van der Waals surface area contributed by atoms with Gasteiger partial charge in [-0.3, -0.25) is 4.72 Å². The van der Waals surface area contributed by atoms with Gasteiger partial charge in [-0.25, -0.2) is 17.8 Å². The fraction of sp³-hybridized carbons (Fsp3) is 0.375. The number of alkyl halides is 3. The van der Waals surface area contributed by atoms with Crippen molar-refractivity contribution in [3.8, 4) is 0 Å². The summed E-state index contributed by atoms with van der Waals surface area (Å²) in [5.74, 6) is -1.15. The van der Waals surface area contributed by atoms with Crippen LogP contribution < -0.4 is 10.0 Å². The van der Waals surface area contributed by atoms with Crippen LogP contribution in [0.3, 0.4) is 0 Å². The van der Waals surface area contributed by atoms with Crippen molar-refractivity contribution in [1.82, 2.24) is 9.88 Å². The number of thiazole rings is 1. The fourth-order valence-electron chi connectivity index (χ4n) is 4.69. The molecule has 1 fully saturated rings. The molecule has 1 aromatic heterocycles. The average Bonchev–Trinajstić information content (AvgIpc) is 3.32. The number of likely N-dealkylation sites (N-methyl/N-ethyl adjacent to an activating group) is 1. The lowest BCUT2D eigenvalue weighted by molar-refractivity contribution is -0.137. The number of aromatic nitrogens is 1. The zero-order valence-corrected chi connectivity index (χ0v) is 22.3. The molecule has 37 heavy (non-hydrogen) atoms. The number of benzene rings is 2. The Labute approximate surface area is 221 Å². The number of anilines is 2. The van der Waals surface area contributed by atoms with Gasteiger partial charge >= 0.3 is 6.18 Å². The molecule has 1 aliphatic rings. The lowest BCUT2D eigenvalue weighted by atomic mass is 9.78. The van der Waals surface area contributed by atoms with Crippen LogP contribution in [0.25, 0.3) is 0 Å². The van der Waals surface area contributed by atoms with Crippen LogP contribution in [0.4, 0.5) is 28.4 Å². The smallest absolute Gasteiger partial charge is 0.379 e. The van der Waals surface area contributed by atoms with Gasteiger partial charge in [0.2, 0.25) is 0 Å². The summed E-state index contributed by atoms with van der Waals surface area (Å²) in [5.41, 5.74) is 0.0947. The Morgan fingerprint density at radius 1 is 1.16 bits per heavy atom. The van der Waals surface area contributed by atoms with Crippen LogP contribution >= 0.6 is 22.9 Å². The molecular formula is C24H25ClF4N4O2S2. The van der Waals surface area contributed by atoms with Crippen molar-refractivity contribution in [3.63, 3.8) is 0 Å². The maximum absolute atomic E-state index is 15.0. The van der Waals surface area contributed by atoms with Gasteiger partial charge in [0.05, 0.1) is 16.3 Å². The highest BCUT2D eigenvalue weighted by molar-refractivity contribution is 7.93. The standard InChI is InChI=1S/C24H25ClF4N4O2S2/c1-33(2)21-7-6-15(14-4-3-5-16(10-14)24(27,28)29)11-20(21)31-19-13-18(26)22(12-17(19)25)37(34,35)32-23-30-8-9-36-23/h3-5,8-10,12-13,15,20-21,31H,6-7,11H2,1-2H3,(H,30,32)/t15-,20+,21+/m0/s1. The zero-order chi connectivity index (χ0) is 27.0. The summed E-state index contributed by atoms with van der Waals surface area (Å²) in [7, 11) is -0.471. The summed E-state index contributed by atoms with van der Waals surface area (Å²) in [6, 6.07) is 7.10. The molecule has 0 spiro atoms. The summed E-state index contributed by atoms with van der Waals surface area (Å²) in [6.07, 6.45) is -1.17. The van der Waals surface area contributed by atoms with Gasteiger partial charge < -0.3 is 10.2 Å². The second-order valence-electron chi connectivity index (χ2n) is 9.12. The first-order valence-electron chi connectivity index (χ1n) is 11.4. The predicted octanol–water partition coefficient (Wildman–Crippen LogP) is 6.43. The minimum atomic E-state index is -4.43. The highest BCUT2D eigenvalue weighted by atomic mass is 35.5. The Kier molecular flexibility index (Phi) is 8.03. The molecule has 0 unspecified atom stereocenters. The first kappa shape index (κ1) is 27.6. The zero-order valence-electron chi connectivity index (χ0n) is 19.9. The third-order valence-electron chi connectivity index (χ3n) is 6.47. The number of nitrogens with zero attached hydrogens (tertiary/aromatic N) is 2. The van der Waals surface area contributed by atoms with E-state index in [0.717, 1.165) is 29.5 Å². The predicted molar refractivity (Wildman–Crippen MR) is 137 cm³/mol. The minimum absolute atomic E-state index is 0.000359. The van der Waals surface area contributed by atoms with Gasteiger partial charge in [-0.15, -0.1) is 11.3 Å². The van der Waals surface area contributed by atoms with Crippen LogP contribution in [0.1, 0.15) is 36.3 Å². The summed E-state index contributed by atoms with van der Waals surface area (Å²) < 4.78 is 82.3. The molecule has 0 amide bonds. The van der Waals surface area contributed by atoms with Gasteiger partial charge in [-0.2, -0.15) is 13.2 Å². The molecule has 1 aliphatic carbocycles. The van der Waals surface area contributed by atoms with E-state index >= 15 is 4.39 Å². The van der Waals surface area contributed by atoms with Gasteiger partial charge in [0.1, 0.15) is 10.7 Å². The molecule has 1 saturated carbocycles. The lowest BCUT2D eigenvalue weighted by Crippen LogP contribution is -2.47. The van der Waals surface area contributed by atoms with E-state index in [9.17, 15) is 21.6 Å². The molecule has 200 valence electrons. The van der Waals surface area contributed by atoms with Crippen LogP contribution in [0.5, 0.6) is 0 Å². The summed E-state index contributed by atoms with van der Waals surface area (Å²) in [6.45, 7) is 0. The molecule has 0 saturated heterocycles. The summed E-state index contributed by atoms with van der Waals surface area (Å²) in [5, 5.41) is 4.90. The molecule has 1 heterocycles. The maximum Gasteiger partial charge on any atom is 0.416 e. The van der Waals surface area contributed by atoms with Gasteiger partial charge in [0.25, 0.3) is 10.0 Å². The Morgan fingerprint density at radius 3 is 2.57 bits per heavy atom. The first-order valence-corrected chi connectivity index (χ1v) is 14.1. The van der Waals surface area contributed by atoms with E-state index in [4.69, 9.17) is 11.6 Å². The van der Waals surface area contributed by atoms with E-state index in [0.29, 0.717) is 24.8 Å². The van der Waals surface area contributed by atoms with Crippen molar-refractivity contribution in [2.24, 2.45) is 0 Å². The second kappa shape index (κ2) is 10.8. The molecule has 0 aliphatic heterocycles. The summed E-state index contributed by atoms with van der Waals surface area (Å²) in [4.78, 5) is 5.23. The third-order valence-corrected chi connectivity index (χ3v) is 8.95. The quantitative estimate of drug-likeness (QED) is 0.317. The fourth-order valence-corrected chi connectivity index (χ4v) is 6.85. The van der Waals surface area contributed by atoms with E-state index in [1.54, 1.807) is 11.4 Å². The van der Waals surface area contributed by atoms with Gasteiger partial charge in [-0.05, 0) is 63.0 Å². The van der Waals surface area contributed by atoms with Crippen LogP contribution in [0, 0.1) is 5.82 Å². The van der Waals surface area contributed by atoms with Crippen molar-refractivity contribution in [3.05, 3.63) is 69.9 Å². The Bertz CT molecular complexity index is 1350. The van der Waals surface area contributed by atoms with Crippen LogP contribution in [0.15, 0.2) is 52.9 Å². The van der Waals surface area contributed by atoms with Gasteiger partial charge in [0.15, 0.2) is 5.13 Å². The molecule has 2 aromatic carbocycles. The average molecular weight is 577 g/mol. The Morgan fingerprint density at radius 2 is 1.92 bits per heavy atom. The SMILES string of the molecule is CN(C)[C@@H]1CC[C@H](c2cccc(C(F)(F)F)c2)C[C@H]1Nc1cc(F)c(S(=O)(=O)Nc2nccs2)cc1Cl. The Hall–Kier alpha value is -2.41. The third kappa shape index (κ3) is 6.36. The molecule has 13 heteroatoms. The number of nitrogens with one attached hydrogen (secondary N) is 2. The molecule has 3 atom stereocenters. The lowest BCUT2D eigenvalue weighted by Gasteiger charge is -2.41. The maximum atomic E-state index is 15.0. The van der Waals surface area contributed by atoms with Crippen LogP contribution in [-0.2, 0) is 16.2 Å². The molecule has 3 aromatic rings. The Balaban J connectivity index is 1.59. The molecular weight excluding hydrogens is 552 g/mol. The number of hydrogen-bond donors (Lipinski definition) is 2. The minimum Gasteiger partial charge on any atom is -0.379 e. The number of hydrogen-bond acceptors (Lipinski definition) is 6. The molecule has 4 rings (SSSR count). The largest absolute Gasteiger partial charge is 0.416 e. The van der Waals surface area contributed by atoms with Gasteiger partial charge in [0, 0.05) is 23.7 Å². The van der Waals surface area contributed by atoms with Gasteiger partial charge in [-0.1, -0.05) is 29.8 Å². The number of halogens is 5. The molecule has 2 N–H and O–H groups in total. The van der Waals surface area contributed by atoms with Crippen molar-refractivity contribution < 1.29 is 26.0 Å². The second-order valence-corrected chi connectivity index (χ2v) is 12.1. The number of sulfonamides is 1. The highest BCUT2D eigenvalue weighted by Gasteiger charge is 2.35. The van der Waals surface area contributed by atoms with E-state index in [-0.39, 0.29) is 33.8 Å². The van der Waals surface area contributed by atoms with Crippen molar-refractivity contribution in [1.29, 1.82) is 0 Å². The normalized spacial score (nSPS) is 20.7. The monoisotopic (exact) mass is 576 g/mol.